The number of amides is 1. The summed E-state index contributed by atoms with van der Waals surface area (Å²) in [4.78, 5) is 35.9. The zero-order valence-electron chi connectivity index (χ0n) is 25.0. The van der Waals surface area contributed by atoms with E-state index in [-0.39, 0.29) is 53.0 Å². The second-order valence-electron chi connectivity index (χ2n) is 11.4. The lowest BCUT2D eigenvalue weighted by molar-refractivity contribution is 0.0811. The van der Waals surface area contributed by atoms with E-state index in [1.807, 2.05) is 0 Å². The summed E-state index contributed by atoms with van der Waals surface area (Å²) in [5.74, 6) is -1.29. The Labute approximate surface area is 260 Å². The van der Waals surface area contributed by atoms with Crippen molar-refractivity contribution in [1.29, 1.82) is 0 Å². The summed E-state index contributed by atoms with van der Waals surface area (Å²) < 4.78 is 70.5. The first kappa shape index (κ1) is 32.8. The summed E-state index contributed by atoms with van der Waals surface area (Å²) in [6.45, 7) is 1.06. The van der Waals surface area contributed by atoms with E-state index in [1.54, 1.807) is 0 Å². The Balaban J connectivity index is 0.000000184. The smallest absolute Gasteiger partial charge is 0.409 e. The molecule has 2 fully saturated rings. The number of ether oxygens (including phenoxy) is 1. The van der Waals surface area contributed by atoms with Gasteiger partial charge in [0, 0.05) is 53.7 Å². The van der Waals surface area contributed by atoms with E-state index in [0.717, 1.165) is 13.0 Å². The summed E-state index contributed by atoms with van der Waals surface area (Å²) in [6, 6.07) is 9.85. The standard InChI is InChI=1S/C17H18F2N2O4.C15H16F2N2O2/c1-24-17(23)21-6-5-10(15-9-16(22)20-25-15)7-11(21)8-12-13(18)3-2-4-14(12)19;16-12-2-1-3-13(17)11(12)7-10-6-9(4-5-18-10)14-8-15(20)19-21-14/h2-4,9-11H,5-8H2,1H3,(H,20,22);1-3,8-10,18H,4-7H2,(H,19,20)/t;9-,10-/m.0/s1. The Kier molecular flexibility index (Phi) is 10.5. The molecule has 4 heterocycles. The highest BCUT2D eigenvalue weighted by molar-refractivity contribution is 5.68. The van der Waals surface area contributed by atoms with Gasteiger partial charge in [-0.2, -0.15) is 10.3 Å². The molecule has 46 heavy (non-hydrogen) atoms. The lowest BCUT2D eigenvalue weighted by Crippen LogP contribution is -2.46. The number of hydrogen-bond acceptors (Lipinski definition) is 7. The monoisotopic (exact) mass is 646 g/mol. The topological polar surface area (TPSA) is 134 Å². The van der Waals surface area contributed by atoms with Gasteiger partial charge in [-0.25, -0.2) is 22.4 Å². The van der Waals surface area contributed by atoms with Gasteiger partial charge >= 0.3 is 6.09 Å². The Morgan fingerprint density at radius 1 is 0.826 bits per heavy atom. The van der Waals surface area contributed by atoms with Crippen LogP contribution in [-0.2, 0) is 17.6 Å². The van der Waals surface area contributed by atoms with Crippen molar-refractivity contribution in [3.8, 4) is 0 Å². The van der Waals surface area contributed by atoms with Crippen molar-refractivity contribution in [2.24, 2.45) is 0 Å². The van der Waals surface area contributed by atoms with Crippen LogP contribution in [0.15, 0.2) is 67.2 Å². The largest absolute Gasteiger partial charge is 0.453 e. The SMILES string of the molecule is COC(=O)N1CCC(c2cc(=O)[nH]o2)CC1Cc1c(F)cccc1F.O=c1cc([C@H]2CCN[C@H](Cc3c(F)cccc3F)C2)o[nH]1. The van der Waals surface area contributed by atoms with E-state index in [4.69, 9.17) is 13.8 Å². The molecule has 10 nitrogen and oxygen atoms in total. The first-order chi connectivity index (χ1) is 22.1. The predicted octanol–water partition coefficient (Wildman–Crippen LogP) is 5.13. The van der Waals surface area contributed by atoms with E-state index < -0.39 is 35.4 Å². The van der Waals surface area contributed by atoms with E-state index in [1.165, 1.54) is 60.5 Å². The summed E-state index contributed by atoms with van der Waals surface area (Å²) in [6.07, 6.45) is 2.22. The third kappa shape index (κ3) is 7.79. The Bertz CT molecular complexity index is 1710. The number of nitrogens with one attached hydrogen (secondary N) is 3. The normalized spacial score (nSPS) is 21.4. The quantitative estimate of drug-likeness (QED) is 0.248. The van der Waals surface area contributed by atoms with Gasteiger partial charge in [-0.15, -0.1) is 0 Å². The van der Waals surface area contributed by atoms with Crippen LogP contribution < -0.4 is 16.4 Å². The van der Waals surface area contributed by atoms with Gasteiger partial charge in [0.15, 0.2) is 0 Å². The summed E-state index contributed by atoms with van der Waals surface area (Å²) >= 11 is 0. The molecule has 2 aliphatic heterocycles. The zero-order chi connectivity index (χ0) is 32.8. The molecule has 6 rings (SSSR count). The molecule has 4 atom stereocenters. The van der Waals surface area contributed by atoms with Crippen molar-refractivity contribution in [3.63, 3.8) is 0 Å². The van der Waals surface area contributed by atoms with Crippen molar-refractivity contribution in [2.75, 3.05) is 20.2 Å². The van der Waals surface area contributed by atoms with Gasteiger partial charge in [0.2, 0.25) is 0 Å². The molecule has 2 aliphatic rings. The Morgan fingerprint density at radius 2 is 1.35 bits per heavy atom. The van der Waals surface area contributed by atoms with Crippen molar-refractivity contribution >= 4 is 6.09 Å². The molecule has 14 heteroatoms. The van der Waals surface area contributed by atoms with Crippen molar-refractivity contribution in [1.82, 2.24) is 20.5 Å². The van der Waals surface area contributed by atoms with Crippen molar-refractivity contribution < 1.29 is 36.1 Å². The summed E-state index contributed by atoms with van der Waals surface area (Å²) in [5.41, 5.74) is -0.578. The molecule has 0 saturated carbocycles. The lowest BCUT2D eigenvalue weighted by Gasteiger charge is -2.38. The molecule has 1 amide bonds. The Hall–Kier alpha value is -4.59. The minimum Gasteiger partial charge on any atom is -0.453 e. The number of rotatable bonds is 6. The number of likely N-dealkylation sites (tertiary alicyclic amines) is 1. The number of aromatic nitrogens is 2. The molecule has 2 aromatic carbocycles. The molecule has 2 unspecified atom stereocenters. The van der Waals surface area contributed by atoms with Gasteiger partial charge < -0.3 is 24.0 Å². The third-order valence-electron chi connectivity index (χ3n) is 8.52. The first-order valence-electron chi connectivity index (χ1n) is 14.9. The van der Waals surface area contributed by atoms with Crippen LogP contribution in [0, 0.1) is 23.3 Å². The van der Waals surface area contributed by atoms with Crippen LogP contribution in [0.4, 0.5) is 22.4 Å². The van der Waals surface area contributed by atoms with Crippen LogP contribution in [0.2, 0.25) is 0 Å². The molecule has 2 aromatic heterocycles. The number of benzene rings is 2. The lowest BCUT2D eigenvalue weighted by atomic mass is 9.86. The van der Waals surface area contributed by atoms with Crippen LogP contribution >= 0.6 is 0 Å². The molecular formula is C32H34F4N4O6. The van der Waals surface area contributed by atoms with E-state index >= 15 is 0 Å². The van der Waals surface area contributed by atoms with Crippen LogP contribution in [-0.4, -0.2) is 53.6 Å². The van der Waals surface area contributed by atoms with Crippen LogP contribution in [0.25, 0.3) is 0 Å². The van der Waals surface area contributed by atoms with E-state index in [2.05, 4.69) is 15.6 Å². The second-order valence-corrected chi connectivity index (χ2v) is 11.4. The average Bonchev–Trinajstić information content (AvgIpc) is 3.69. The highest BCUT2D eigenvalue weighted by Crippen LogP contribution is 2.34. The van der Waals surface area contributed by atoms with Gasteiger partial charge in [0.05, 0.1) is 7.11 Å². The molecular weight excluding hydrogens is 612 g/mol. The van der Waals surface area contributed by atoms with E-state index in [9.17, 15) is 31.9 Å². The van der Waals surface area contributed by atoms with Gasteiger partial charge in [0.1, 0.15) is 34.8 Å². The molecule has 2 saturated heterocycles. The number of halogens is 4. The number of piperidine rings is 2. The van der Waals surface area contributed by atoms with Gasteiger partial charge in [0.25, 0.3) is 11.1 Å². The average molecular weight is 647 g/mol. The van der Waals surface area contributed by atoms with Gasteiger partial charge in [-0.05, 0) is 69.3 Å². The highest BCUT2D eigenvalue weighted by atomic mass is 19.1. The van der Waals surface area contributed by atoms with Crippen LogP contribution in [0.3, 0.4) is 0 Å². The number of carbonyl (C=O) groups is 1. The second kappa shape index (κ2) is 14.7. The van der Waals surface area contributed by atoms with Crippen molar-refractivity contribution in [2.45, 2.75) is 62.4 Å². The molecule has 0 aliphatic carbocycles. The maximum Gasteiger partial charge on any atom is 0.409 e. The minimum atomic E-state index is -0.653. The third-order valence-corrected chi connectivity index (χ3v) is 8.52. The number of hydrogen-bond donors (Lipinski definition) is 3. The molecule has 0 spiro atoms. The van der Waals surface area contributed by atoms with Gasteiger partial charge in [-0.3, -0.25) is 9.59 Å². The molecule has 0 bridgehead atoms. The maximum atomic E-state index is 14.0. The number of methoxy groups -OCH3 is 1. The van der Waals surface area contributed by atoms with Gasteiger partial charge in [-0.1, -0.05) is 12.1 Å². The minimum absolute atomic E-state index is 0.0127. The fourth-order valence-corrected chi connectivity index (χ4v) is 6.21. The number of aromatic amines is 2. The number of H-pyrrole nitrogens is 2. The first-order valence-corrected chi connectivity index (χ1v) is 14.9. The summed E-state index contributed by atoms with van der Waals surface area (Å²) in [5, 5.41) is 7.78. The molecule has 0 radical (unpaired) electrons. The fraction of sp³-hybridized carbons (Fsp3) is 0.406. The number of nitrogens with zero attached hydrogens (tertiary/aromatic N) is 1. The Morgan fingerprint density at radius 3 is 1.85 bits per heavy atom. The fourth-order valence-electron chi connectivity index (χ4n) is 6.21. The highest BCUT2D eigenvalue weighted by Gasteiger charge is 2.35. The maximum absolute atomic E-state index is 14.0. The number of carbonyl (C=O) groups excluding carboxylic acids is 1. The van der Waals surface area contributed by atoms with Crippen molar-refractivity contribution in [3.05, 3.63) is 115 Å². The van der Waals surface area contributed by atoms with Crippen LogP contribution in [0.5, 0.6) is 0 Å². The molecule has 4 aromatic rings. The predicted molar refractivity (Wildman–Crippen MR) is 157 cm³/mol. The van der Waals surface area contributed by atoms with E-state index in [0.29, 0.717) is 37.3 Å². The zero-order valence-corrected chi connectivity index (χ0v) is 25.0. The summed E-state index contributed by atoms with van der Waals surface area (Å²) in [7, 11) is 1.26. The molecule has 246 valence electrons. The molecule has 3 N–H and O–H groups in total. The van der Waals surface area contributed by atoms with Crippen LogP contribution in [0.1, 0.15) is 60.2 Å².